The molecule has 0 bridgehead atoms. The van der Waals surface area contributed by atoms with Crippen LogP contribution in [-0.2, 0) is 9.59 Å². The summed E-state index contributed by atoms with van der Waals surface area (Å²) in [6.07, 6.45) is 4.70. The summed E-state index contributed by atoms with van der Waals surface area (Å²) in [6.45, 7) is 11.9. The molecule has 0 aliphatic heterocycles. The molecule has 1 atom stereocenters. The highest BCUT2D eigenvalue weighted by molar-refractivity contribution is 5.73. The number of aliphatic carboxylic acids is 1. The number of carbonyl (C=O) groups is 2. The minimum Gasteiger partial charge on any atom is -0.481 e. The average Bonchev–Trinajstić information content (AvgIpc) is 2.56. The fourth-order valence-corrected chi connectivity index (χ4v) is 1.25. The quantitative estimate of drug-likeness (QED) is 0.594. The summed E-state index contributed by atoms with van der Waals surface area (Å²) in [7, 11) is 0. The van der Waals surface area contributed by atoms with Gasteiger partial charge in [0.2, 0.25) is 0 Å². The Labute approximate surface area is 136 Å². The van der Waals surface area contributed by atoms with Gasteiger partial charge in [-0.25, -0.2) is 0 Å². The van der Waals surface area contributed by atoms with Crippen molar-refractivity contribution in [2.75, 3.05) is 0 Å². The average molecular weight is 308 g/mol. The Morgan fingerprint density at radius 3 is 1.86 bits per heavy atom. The summed E-state index contributed by atoms with van der Waals surface area (Å²) in [5.74, 6) is -1.46. The van der Waals surface area contributed by atoms with Crippen molar-refractivity contribution in [2.24, 2.45) is 5.92 Å². The maximum atomic E-state index is 10.4. The number of carboxylic acid groups (broad SMARTS) is 1. The van der Waals surface area contributed by atoms with Gasteiger partial charge < -0.3 is 9.90 Å². The zero-order chi connectivity index (χ0) is 17.8. The van der Waals surface area contributed by atoms with Crippen molar-refractivity contribution in [3.63, 3.8) is 0 Å². The molecule has 0 saturated heterocycles. The van der Waals surface area contributed by atoms with E-state index >= 15 is 0 Å². The number of allylic oxidation sites excluding steroid dienone is 2. The summed E-state index contributed by atoms with van der Waals surface area (Å²) in [5, 5.41) is 8.54. The van der Waals surface area contributed by atoms with E-state index in [-0.39, 0.29) is 6.42 Å². The number of hydrogen-bond donors (Lipinski definition) is 1. The number of aryl methyl sites for hydroxylation is 1. The fourth-order valence-electron chi connectivity index (χ4n) is 1.25. The molecule has 0 aromatic heterocycles. The lowest BCUT2D eigenvalue weighted by Gasteiger charge is -2.03. The standard InChI is InChI=1S/C8H12O3.C7H8.2C2H6/c1-2-3-4-7(5-6-9)8(10)11;1-7-5-3-2-4-6-7;2*1-2/h2-3,6-7H,4-5H2,1H3,(H,10,11);2-6H,1H3;2*1-2H3/b3-2+;;;. The topological polar surface area (TPSA) is 54.4 Å². The smallest absolute Gasteiger partial charge is 0.307 e. The lowest BCUT2D eigenvalue weighted by Crippen LogP contribution is -2.12. The zero-order valence-electron chi connectivity index (χ0n) is 14.9. The monoisotopic (exact) mass is 308 g/mol. The van der Waals surface area contributed by atoms with Gasteiger partial charge in [0.25, 0.3) is 0 Å². The molecular weight excluding hydrogens is 276 g/mol. The molecule has 1 rings (SSSR count). The first-order chi connectivity index (χ1) is 10.6. The van der Waals surface area contributed by atoms with Crippen LogP contribution in [0, 0.1) is 12.8 Å². The highest BCUT2D eigenvalue weighted by atomic mass is 16.4. The Bertz CT molecular complexity index is 370. The van der Waals surface area contributed by atoms with Crippen LogP contribution in [0.1, 0.15) is 53.0 Å². The Morgan fingerprint density at radius 1 is 1.09 bits per heavy atom. The number of carbonyl (C=O) groups excluding carboxylic acids is 1. The molecule has 22 heavy (non-hydrogen) atoms. The summed E-state index contributed by atoms with van der Waals surface area (Å²) in [6, 6.07) is 10.3. The third-order valence-electron chi connectivity index (χ3n) is 2.33. The molecule has 0 amide bonds. The van der Waals surface area contributed by atoms with E-state index in [9.17, 15) is 9.59 Å². The predicted molar refractivity (Wildman–Crippen MR) is 95.1 cm³/mol. The van der Waals surface area contributed by atoms with Gasteiger partial charge in [0.15, 0.2) is 0 Å². The molecule has 0 aliphatic rings. The van der Waals surface area contributed by atoms with Gasteiger partial charge in [0.1, 0.15) is 6.29 Å². The molecule has 1 N–H and O–H groups in total. The summed E-state index contributed by atoms with van der Waals surface area (Å²) in [4.78, 5) is 20.4. The van der Waals surface area contributed by atoms with E-state index in [1.165, 1.54) is 5.56 Å². The summed E-state index contributed by atoms with van der Waals surface area (Å²) < 4.78 is 0. The van der Waals surface area contributed by atoms with Crippen molar-refractivity contribution in [3.8, 4) is 0 Å². The number of rotatable bonds is 5. The lowest BCUT2D eigenvalue weighted by molar-refractivity contribution is -0.142. The maximum Gasteiger partial charge on any atom is 0.307 e. The summed E-state index contributed by atoms with van der Waals surface area (Å²) >= 11 is 0. The Balaban J connectivity index is -0.000000280. The van der Waals surface area contributed by atoms with Crippen LogP contribution in [0.2, 0.25) is 0 Å². The number of aldehydes is 1. The van der Waals surface area contributed by atoms with E-state index in [0.717, 1.165) is 0 Å². The zero-order valence-corrected chi connectivity index (χ0v) is 14.9. The molecule has 3 nitrogen and oxygen atoms in total. The van der Waals surface area contributed by atoms with Gasteiger partial charge >= 0.3 is 5.97 Å². The number of hydrogen-bond acceptors (Lipinski definition) is 2. The molecule has 0 spiro atoms. The normalized spacial score (nSPS) is 9.91. The highest BCUT2D eigenvalue weighted by Gasteiger charge is 2.14. The second kappa shape index (κ2) is 21.4. The van der Waals surface area contributed by atoms with Gasteiger partial charge in [0, 0.05) is 6.42 Å². The lowest BCUT2D eigenvalue weighted by atomic mass is 10.0. The molecule has 1 aromatic carbocycles. The van der Waals surface area contributed by atoms with E-state index in [1.54, 1.807) is 12.2 Å². The molecule has 0 heterocycles. The third kappa shape index (κ3) is 18.1. The fraction of sp³-hybridized carbons (Fsp3) is 0.474. The molecule has 0 fully saturated rings. The Morgan fingerprint density at radius 2 is 1.59 bits per heavy atom. The van der Waals surface area contributed by atoms with Crippen molar-refractivity contribution >= 4 is 12.3 Å². The highest BCUT2D eigenvalue weighted by Crippen LogP contribution is 2.07. The minimum absolute atomic E-state index is 0.0969. The first kappa shape index (κ1) is 25.1. The van der Waals surface area contributed by atoms with Gasteiger partial charge in [-0.15, -0.1) is 0 Å². The van der Waals surface area contributed by atoms with Crippen molar-refractivity contribution in [1.29, 1.82) is 0 Å². The first-order valence-corrected chi connectivity index (χ1v) is 7.91. The minimum atomic E-state index is -0.907. The van der Waals surface area contributed by atoms with E-state index in [0.29, 0.717) is 12.7 Å². The molecule has 126 valence electrons. The van der Waals surface area contributed by atoms with Crippen molar-refractivity contribution < 1.29 is 14.7 Å². The van der Waals surface area contributed by atoms with Gasteiger partial charge in [0.05, 0.1) is 5.92 Å². The van der Waals surface area contributed by atoms with Crippen LogP contribution >= 0.6 is 0 Å². The van der Waals surface area contributed by atoms with Crippen molar-refractivity contribution in [1.82, 2.24) is 0 Å². The van der Waals surface area contributed by atoms with Crippen LogP contribution in [0.3, 0.4) is 0 Å². The van der Waals surface area contributed by atoms with Gasteiger partial charge in [-0.1, -0.05) is 75.7 Å². The van der Waals surface area contributed by atoms with Crippen LogP contribution in [0.25, 0.3) is 0 Å². The van der Waals surface area contributed by atoms with Gasteiger partial charge in [-0.2, -0.15) is 0 Å². The van der Waals surface area contributed by atoms with E-state index < -0.39 is 11.9 Å². The molecule has 0 radical (unpaired) electrons. The van der Waals surface area contributed by atoms with Gasteiger partial charge in [-0.3, -0.25) is 4.79 Å². The van der Waals surface area contributed by atoms with E-state index in [1.807, 2.05) is 52.8 Å². The molecule has 3 heteroatoms. The van der Waals surface area contributed by atoms with Crippen LogP contribution < -0.4 is 0 Å². The molecule has 0 saturated carbocycles. The molecular formula is C19H32O3. The second-order valence-electron chi connectivity index (χ2n) is 3.90. The van der Waals surface area contributed by atoms with E-state index in [4.69, 9.17) is 5.11 Å². The number of carboxylic acids is 1. The van der Waals surface area contributed by atoms with Crippen LogP contribution in [0.4, 0.5) is 0 Å². The van der Waals surface area contributed by atoms with Crippen molar-refractivity contribution in [3.05, 3.63) is 48.0 Å². The molecule has 0 aliphatic carbocycles. The first-order valence-electron chi connectivity index (χ1n) is 7.91. The SMILES string of the molecule is C/C=C/CC(CC=O)C(=O)O.CC.CC.Cc1ccccc1. The summed E-state index contributed by atoms with van der Waals surface area (Å²) in [5.41, 5.74) is 1.32. The van der Waals surface area contributed by atoms with Gasteiger partial charge in [-0.05, 0) is 20.3 Å². The van der Waals surface area contributed by atoms with E-state index in [2.05, 4.69) is 19.1 Å². The third-order valence-corrected chi connectivity index (χ3v) is 2.33. The largest absolute Gasteiger partial charge is 0.481 e. The predicted octanol–water partition coefficient (Wildman–Crippen LogP) is 5.29. The number of benzene rings is 1. The van der Waals surface area contributed by atoms with Crippen LogP contribution in [0.5, 0.6) is 0 Å². The maximum absolute atomic E-state index is 10.4. The van der Waals surface area contributed by atoms with Crippen LogP contribution in [0.15, 0.2) is 42.5 Å². The van der Waals surface area contributed by atoms with Crippen molar-refractivity contribution in [2.45, 2.75) is 54.4 Å². The second-order valence-corrected chi connectivity index (χ2v) is 3.90. The Kier molecular flexibility index (Phi) is 24.4. The Hall–Kier alpha value is -1.90. The van der Waals surface area contributed by atoms with Crippen LogP contribution in [-0.4, -0.2) is 17.4 Å². The molecule has 1 unspecified atom stereocenters. The molecule has 1 aromatic rings.